The van der Waals surface area contributed by atoms with Gasteiger partial charge in [0.15, 0.2) is 11.2 Å². The lowest BCUT2D eigenvalue weighted by atomic mass is 10.1. The fourth-order valence-electron chi connectivity index (χ4n) is 3.57. The Morgan fingerprint density at radius 1 is 1.20 bits per heavy atom. The monoisotopic (exact) mass is 421 g/mol. The minimum atomic E-state index is -0.301. The zero-order valence-corrected chi connectivity index (χ0v) is 17.3. The fourth-order valence-corrected chi connectivity index (χ4v) is 3.78. The van der Waals surface area contributed by atoms with E-state index in [4.69, 9.17) is 11.6 Å². The van der Waals surface area contributed by atoms with Gasteiger partial charge in [0.2, 0.25) is 11.2 Å². The molecule has 0 atom stereocenters. The van der Waals surface area contributed by atoms with Crippen molar-refractivity contribution in [2.45, 2.75) is 20.0 Å². The topological polar surface area (TPSA) is 91.8 Å². The summed E-state index contributed by atoms with van der Waals surface area (Å²) in [6, 6.07) is 9.27. The number of anilines is 1. The van der Waals surface area contributed by atoms with Gasteiger partial charge in [0.25, 0.3) is 5.56 Å². The molecule has 0 radical (unpaired) electrons. The van der Waals surface area contributed by atoms with Gasteiger partial charge < -0.3 is 10.2 Å². The molecule has 0 spiro atoms. The molecular weight excluding hydrogens is 402 g/mol. The normalized spacial score (nSPS) is 13.7. The van der Waals surface area contributed by atoms with Gasteiger partial charge in [0, 0.05) is 26.2 Å². The second-order valence-corrected chi connectivity index (χ2v) is 7.21. The summed E-state index contributed by atoms with van der Waals surface area (Å²) in [4.78, 5) is 24.6. The van der Waals surface area contributed by atoms with Gasteiger partial charge in [-0.25, -0.2) is 0 Å². The first kappa shape index (κ1) is 20.0. The third-order valence-electron chi connectivity index (χ3n) is 5.08. The van der Waals surface area contributed by atoms with Crippen molar-refractivity contribution in [3.05, 3.63) is 51.0 Å². The quantitative estimate of drug-likeness (QED) is 0.508. The molecule has 0 unspecified atom stereocenters. The van der Waals surface area contributed by atoms with Crippen molar-refractivity contribution in [2.75, 3.05) is 31.1 Å². The molecule has 1 aromatic carbocycles. The number of hydrogen-bond acceptors (Lipinski definition) is 6. The number of halogens is 1. The minimum Gasteiger partial charge on any atom is -0.340 e. The van der Waals surface area contributed by atoms with Crippen LogP contribution in [0.5, 0.6) is 0 Å². The summed E-state index contributed by atoms with van der Waals surface area (Å²) in [5.41, 5.74) is 1.57. The Hall–Kier alpha value is -3.33. The molecule has 0 aliphatic carbocycles. The lowest BCUT2D eigenvalue weighted by Gasteiger charge is -2.28. The van der Waals surface area contributed by atoms with Gasteiger partial charge in [-0.3, -0.25) is 13.9 Å². The van der Waals surface area contributed by atoms with E-state index in [2.05, 4.69) is 38.1 Å². The largest absolute Gasteiger partial charge is 0.340 e. The van der Waals surface area contributed by atoms with Gasteiger partial charge in [-0.05, 0) is 30.2 Å². The van der Waals surface area contributed by atoms with Crippen LogP contribution in [-0.2, 0) is 13.1 Å². The van der Waals surface area contributed by atoms with Gasteiger partial charge in [-0.15, -0.1) is 5.92 Å². The summed E-state index contributed by atoms with van der Waals surface area (Å²) >= 11 is 6.37. The molecule has 1 fully saturated rings. The third kappa shape index (κ3) is 3.63. The van der Waals surface area contributed by atoms with Crippen molar-refractivity contribution in [2.24, 2.45) is 0 Å². The van der Waals surface area contributed by atoms with Gasteiger partial charge >= 0.3 is 0 Å². The molecule has 0 saturated carbocycles. The average Bonchev–Trinajstić information content (AvgIpc) is 3.14. The highest BCUT2D eigenvalue weighted by Gasteiger charge is 2.23. The molecular formula is C21H20ClN7O. The molecule has 3 heterocycles. The molecule has 152 valence electrons. The Morgan fingerprint density at radius 2 is 1.97 bits per heavy atom. The summed E-state index contributed by atoms with van der Waals surface area (Å²) < 4.78 is 3.19. The van der Waals surface area contributed by atoms with Crippen LogP contribution in [0.4, 0.5) is 5.95 Å². The molecule has 2 aromatic heterocycles. The van der Waals surface area contributed by atoms with Crippen molar-refractivity contribution >= 4 is 28.7 Å². The predicted octanol–water partition coefficient (Wildman–Crippen LogP) is 1.60. The summed E-state index contributed by atoms with van der Waals surface area (Å²) in [5, 5.41) is 12.7. The highest BCUT2D eigenvalue weighted by Crippen LogP contribution is 2.22. The zero-order chi connectivity index (χ0) is 21.1. The molecule has 1 aliphatic heterocycles. The fraction of sp³-hybridized carbons (Fsp3) is 0.333. The summed E-state index contributed by atoms with van der Waals surface area (Å²) in [5.74, 6) is 6.58. The molecule has 4 rings (SSSR count). The predicted molar refractivity (Wildman–Crippen MR) is 116 cm³/mol. The molecule has 9 heteroatoms. The number of nitriles is 1. The van der Waals surface area contributed by atoms with E-state index in [1.54, 1.807) is 25.1 Å². The van der Waals surface area contributed by atoms with Crippen LogP contribution in [0.3, 0.4) is 0 Å². The zero-order valence-electron chi connectivity index (χ0n) is 16.5. The van der Waals surface area contributed by atoms with E-state index in [9.17, 15) is 10.1 Å². The van der Waals surface area contributed by atoms with Crippen LogP contribution in [0.25, 0.3) is 11.2 Å². The summed E-state index contributed by atoms with van der Waals surface area (Å²) in [6.07, 6.45) is 0. The van der Waals surface area contributed by atoms with E-state index in [-0.39, 0.29) is 17.4 Å². The number of fused-ring (bicyclic) bond motifs is 1. The molecule has 3 aromatic rings. The lowest BCUT2D eigenvalue weighted by Crippen LogP contribution is -2.44. The number of nitrogens with one attached hydrogen (secondary N) is 1. The van der Waals surface area contributed by atoms with Crippen LogP contribution in [0, 0.1) is 23.2 Å². The molecule has 1 N–H and O–H groups in total. The second kappa shape index (κ2) is 8.58. The Bertz CT molecular complexity index is 1250. The van der Waals surface area contributed by atoms with Gasteiger partial charge in [-0.2, -0.15) is 15.2 Å². The van der Waals surface area contributed by atoms with Crippen molar-refractivity contribution in [3.8, 4) is 17.9 Å². The third-order valence-corrected chi connectivity index (χ3v) is 5.37. The summed E-state index contributed by atoms with van der Waals surface area (Å²) in [6.45, 7) is 5.48. The molecule has 1 saturated heterocycles. The van der Waals surface area contributed by atoms with Crippen LogP contribution in [-0.4, -0.2) is 45.3 Å². The van der Waals surface area contributed by atoms with E-state index in [1.165, 1.54) is 4.57 Å². The maximum absolute atomic E-state index is 13.4. The van der Waals surface area contributed by atoms with E-state index < -0.39 is 0 Å². The average molecular weight is 422 g/mol. The van der Waals surface area contributed by atoms with E-state index in [1.807, 2.05) is 10.6 Å². The van der Waals surface area contributed by atoms with Crippen LogP contribution in [0.1, 0.15) is 18.1 Å². The van der Waals surface area contributed by atoms with Crippen molar-refractivity contribution in [1.82, 2.24) is 24.4 Å². The van der Waals surface area contributed by atoms with Crippen LogP contribution in [0.2, 0.25) is 5.28 Å². The smallest absolute Gasteiger partial charge is 0.281 e. The molecule has 0 amide bonds. The number of benzene rings is 1. The highest BCUT2D eigenvalue weighted by atomic mass is 35.5. The Balaban J connectivity index is 1.88. The first-order valence-electron chi connectivity index (χ1n) is 9.64. The number of hydrogen-bond donors (Lipinski definition) is 1. The van der Waals surface area contributed by atoms with Crippen LogP contribution < -0.4 is 15.8 Å². The van der Waals surface area contributed by atoms with Crippen LogP contribution in [0.15, 0.2) is 29.1 Å². The maximum atomic E-state index is 13.4. The molecule has 1 aliphatic rings. The minimum absolute atomic E-state index is 0.0401. The Labute approximate surface area is 178 Å². The lowest BCUT2D eigenvalue weighted by molar-refractivity contribution is 0.572. The Kier molecular flexibility index (Phi) is 5.71. The van der Waals surface area contributed by atoms with E-state index in [0.717, 1.165) is 26.2 Å². The standard InChI is InChI=1S/C21H20ClN7O/c1-2-3-10-28-17-18(26-21(28)27-11-8-24-9-12-27)25-20(22)29(19(17)30)14-16-7-5-4-6-15(16)13-23/h4-7,24H,8-12,14H2,1H3. The van der Waals surface area contributed by atoms with Crippen LogP contribution >= 0.6 is 11.6 Å². The SMILES string of the molecule is CC#CCn1c(N2CCNCC2)nc2nc(Cl)n(Cc3ccccc3C#N)c(=O)c21. The van der Waals surface area contributed by atoms with Crippen molar-refractivity contribution < 1.29 is 0 Å². The number of rotatable bonds is 4. The molecule has 0 bridgehead atoms. The van der Waals surface area contributed by atoms with Gasteiger partial charge in [0.05, 0.1) is 24.7 Å². The number of aromatic nitrogens is 4. The number of nitrogens with zero attached hydrogens (tertiary/aromatic N) is 6. The molecule has 8 nitrogen and oxygen atoms in total. The highest BCUT2D eigenvalue weighted by molar-refractivity contribution is 6.28. The Morgan fingerprint density at radius 3 is 2.70 bits per heavy atom. The van der Waals surface area contributed by atoms with E-state index in [0.29, 0.717) is 34.8 Å². The maximum Gasteiger partial charge on any atom is 0.281 e. The number of imidazole rings is 1. The van der Waals surface area contributed by atoms with Gasteiger partial charge in [0.1, 0.15) is 0 Å². The first-order valence-corrected chi connectivity index (χ1v) is 10.0. The first-order chi connectivity index (χ1) is 14.6. The summed E-state index contributed by atoms with van der Waals surface area (Å²) in [7, 11) is 0. The number of piperazine rings is 1. The molecule has 30 heavy (non-hydrogen) atoms. The van der Waals surface area contributed by atoms with Gasteiger partial charge in [-0.1, -0.05) is 24.1 Å². The van der Waals surface area contributed by atoms with Crippen molar-refractivity contribution in [1.29, 1.82) is 5.26 Å². The second-order valence-electron chi connectivity index (χ2n) is 6.88. The van der Waals surface area contributed by atoms with E-state index >= 15 is 0 Å². The van der Waals surface area contributed by atoms with Crippen molar-refractivity contribution in [3.63, 3.8) is 0 Å².